The number of hydrogen-bond donors (Lipinski definition) is 0. The van der Waals surface area contributed by atoms with E-state index in [9.17, 15) is 0 Å². The molecule has 0 atom stereocenters. The Balaban J connectivity index is 1.49. The van der Waals surface area contributed by atoms with Crippen LogP contribution in [-0.4, -0.2) is 9.97 Å². The quantitative estimate of drug-likeness (QED) is 0.190. The minimum Gasteiger partial charge on any atom is -0.248 e. The van der Waals surface area contributed by atoms with Gasteiger partial charge in [0.1, 0.15) is 0 Å². The molecule has 0 radical (unpaired) electrons. The van der Waals surface area contributed by atoms with Gasteiger partial charge in [0.2, 0.25) is 0 Å². The van der Waals surface area contributed by atoms with Gasteiger partial charge in [-0.05, 0) is 70.8 Å². The lowest BCUT2D eigenvalue weighted by Crippen LogP contribution is -1.90. The van der Waals surface area contributed by atoms with Gasteiger partial charge in [-0.3, -0.25) is 0 Å². The Labute approximate surface area is 287 Å². The first-order valence-corrected chi connectivity index (χ1v) is 17.6. The molecule has 0 fully saturated rings. The van der Waals surface area contributed by atoms with E-state index >= 15 is 0 Å². The molecular weight excluding hydrogens is 621 g/mol. The third kappa shape index (κ3) is 5.12. The van der Waals surface area contributed by atoms with Crippen molar-refractivity contribution in [2.45, 2.75) is 0 Å². The van der Waals surface area contributed by atoms with E-state index in [-0.39, 0.29) is 0 Å². The molecule has 0 N–H and O–H groups in total. The number of hydrogen-bond acceptors (Lipinski definition) is 4. The molecule has 4 heteroatoms. The molecule has 0 aliphatic carbocycles. The first kappa shape index (κ1) is 28.5. The summed E-state index contributed by atoms with van der Waals surface area (Å²) in [6.45, 7) is 0. The monoisotopic (exact) mass is 648 g/mol. The van der Waals surface area contributed by atoms with E-state index in [2.05, 4.69) is 170 Å². The summed E-state index contributed by atoms with van der Waals surface area (Å²) in [6.07, 6.45) is 8.62. The lowest BCUT2D eigenvalue weighted by molar-refractivity contribution is 1.28. The number of thiophene rings is 2. The molecule has 5 heterocycles. The predicted molar refractivity (Wildman–Crippen MR) is 208 cm³/mol. The van der Waals surface area contributed by atoms with Crippen LogP contribution >= 0.6 is 22.7 Å². The third-order valence-electron chi connectivity index (χ3n) is 8.75. The van der Waals surface area contributed by atoms with Gasteiger partial charge in [0.05, 0.1) is 22.8 Å². The van der Waals surface area contributed by atoms with E-state index in [0.717, 1.165) is 56.2 Å². The fourth-order valence-corrected chi connectivity index (χ4v) is 8.97. The summed E-state index contributed by atoms with van der Waals surface area (Å²) < 4.78 is 4.82. The van der Waals surface area contributed by atoms with Crippen LogP contribution in [0.2, 0.25) is 0 Å². The molecule has 4 aromatic carbocycles. The first-order chi connectivity index (χ1) is 23.8. The number of fused-ring (bicyclic) bond motifs is 8. The second kappa shape index (κ2) is 12.2. The van der Waals surface area contributed by atoms with E-state index in [1.165, 1.54) is 29.9 Å². The molecule has 0 saturated carbocycles. The fourth-order valence-electron chi connectivity index (χ4n) is 6.58. The van der Waals surface area contributed by atoms with Crippen LogP contribution in [0.5, 0.6) is 0 Å². The van der Waals surface area contributed by atoms with Crippen molar-refractivity contribution in [1.82, 2.24) is 9.97 Å². The zero-order valence-electron chi connectivity index (χ0n) is 25.9. The summed E-state index contributed by atoms with van der Waals surface area (Å²) in [7, 11) is 0. The molecule has 48 heavy (non-hydrogen) atoms. The summed E-state index contributed by atoms with van der Waals surface area (Å²) in [5.41, 5.74) is 12.8. The van der Waals surface area contributed by atoms with Gasteiger partial charge in [-0.25, -0.2) is 9.97 Å². The van der Waals surface area contributed by atoms with Gasteiger partial charge >= 0.3 is 0 Å². The molecular formula is C44H28N2S2. The zero-order valence-corrected chi connectivity index (χ0v) is 27.5. The maximum absolute atomic E-state index is 5.37. The van der Waals surface area contributed by atoms with Crippen molar-refractivity contribution in [2.24, 2.45) is 0 Å². The third-order valence-corrected chi connectivity index (χ3v) is 11.0. The van der Waals surface area contributed by atoms with Gasteiger partial charge in [-0.15, -0.1) is 22.7 Å². The molecule has 9 rings (SSSR count). The van der Waals surface area contributed by atoms with Crippen molar-refractivity contribution in [3.8, 4) is 44.5 Å². The van der Waals surface area contributed by atoms with Crippen molar-refractivity contribution < 1.29 is 0 Å². The van der Waals surface area contributed by atoms with Crippen LogP contribution in [0, 0.1) is 0 Å². The Morgan fingerprint density at radius 3 is 0.896 bits per heavy atom. The van der Waals surface area contributed by atoms with Crippen LogP contribution in [0.1, 0.15) is 22.8 Å². The number of rotatable bonds is 4. The maximum Gasteiger partial charge on any atom is 0.0738 e. The van der Waals surface area contributed by atoms with Crippen molar-refractivity contribution in [3.63, 3.8) is 0 Å². The molecule has 7 aromatic rings. The Morgan fingerprint density at radius 2 is 0.542 bits per heavy atom. The summed E-state index contributed by atoms with van der Waals surface area (Å²) in [5, 5.41) is 0. The van der Waals surface area contributed by atoms with Gasteiger partial charge in [0.25, 0.3) is 0 Å². The van der Waals surface area contributed by atoms with Gasteiger partial charge in [0, 0.05) is 41.1 Å². The lowest BCUT2D eigenvalue weighted by Gasteiger charge is -2.06. The molecule has 2 nitrogen and oxygen atoms in total. The van der Waals surface area contributed by atoms with Crippen molar-refractivity contribution in [2.75, 3.05) is 0 Å². The van der Waals surface area contributed by atoms with Crippen molar-refractivity contribution >= 4 is 65.8 Å². The summed E-state index contributed by atoms with van der Waals surface area (Å²) in [6, 6.07) is 51.7. The van der Waals surface area contributed by atoms with E-state index in [1.54, 1.807) is 0 Å². The SMILES string of the molecule is C1=Cc2nc1c(-c1ccccc1)c1nc(c(-c3ccccc3)c3ccc(s3)c(-c3ccccc3)c3ccc(s3)c2-c2ccccc2)C=C1. The molecule has 0 amide bonds. The Kier molecular flexibility index (Phi) is 7.23. The largest absolute Gasteiger partial charge is 0.248 e. The molecule has 3 aromatic heterocycles. The molecule has 0 saturated heterocycles. The smallest absolute Gasteiger partial charge is 0.0738 e. The van der Waals surface area contributed by atoms with Gasteiger partial charge in [-0.1, -0.05) is 121 Å². The van der Waals surface area contributed by atoms with Gasteiger partial charge < -0.3 is 0 Å². The standard InChI is InChI=1S/C44H28N2S2/c1-5-13-29(14-6-1)41-33-21-23-35(45-33)42(30-15-7-2-8-16-30)37-25-27-39(47-37)44(32-19-11-4-12-20-32)40-28-26-38(48-40)43(31-17-9-3-10-18-31)36-24-22-34(41)46-36/h1-28H. The van der Waals surface area contributed by atoms with Crippen molar-refractivity contribution in [3.05, 3.63) is 168 Å². The highest BCUT2D eigenvalue weighted by Gasteiger charge is 2.19. The Morgan fingerprint density at radius 1 is 0.271 bits per heavy atom. The molecule has 0 spiro atoms. The molecule has 0 unspecified atom stereocenters. The number of aromatic nitrogens is 2. The topological polar surface area (TPSA) is 25.8 Å². The average Bonchev–Trinajstić information content (AvgIpc) is 3.98. The Hall–Kier alpha value is -5.68. The van der Waals surface area contributed by atoms with Crippen LogP contribution in [-0.2, 0) is 0 Å². The van der Waals surface area contributed by atoms with Crippen LogP contribution in [0.15, 0.2) is 146 Å². The van der Waals surface area contributed by atoms with Gasteiger partial charge in [-0.2, -0.15) is 0 Å². The maximum atomic E-state index is 5.37. The highest BCUT2D eigenvalue weighted by Crippen LogP contribution is 2.43. The van der Waals surface area contributed by atoms with Crippen LogP contribution in [0.4, 0.5) is 0 Å². The lowest BCUT2D eigenvalue weighted by atomic mass is 10.0. The van der Waals surface area contributed by atoms with Crippen LogP contribution < -0.4 is 0 Å². The second-order valence-electron chi connectivity index (χ2n) is 11.7. The van der Waals surface area contributed by atoms with Crippen molar-refractivity contribution in [1.29, 1.82) is 0 Å². The minimum absolute atomic E-state index is 0.911. The molecule has 2 aliphatic rings. The molecule has 8 bridgehead atoms. The van der Waals surface area contributed by atoms with E-state index < -0.39 is 0 Å². The van der Waals surface area contributed by atoms with Crippen LogP contribution in [0.3, 0.4) is 0 Å². The molecule has 226 valence electrons. The number of benzene rings is 4. The van der Waals surface area contributed by atoms with Gasteiger partial charge in [0.15, 0.2) is 0 Å². The first-order valence-electron chi connectivity index (χ1n) is 16.0. The number of nitrogens with zero attached hydrogens (tertiary/aromatic N) is 2. The second-order valence-corrected chi connectivity index (χ2v) is 13.9. The summed E-state index contributed by atoms with van der Waals surface area (Å²) in [5.74, 6) is 0. The predicted octanol–water partition coefficient (Wildman–Crippen LogP) is 12.8. The normalized spacial score (nSPS) is 12.0. The zero-order chi connectivity index (χ0) is 31.9. The van der Waals surface area contributed by atoms with Crippen LogP contribution in [0.25, 0.3) is 87.6 Å². The minimum atomic E-state index is 0.911. The van der Waals surface area contributed by atoms with E-state index in [1.807, 2.05) is 22.7 Å². The summed E-state index contributed by atoms with van der Waals surface area (Å²) in [4.78, 5) is 10.7. The van der Waals surface area contributed by atoms with E-state index in [4.69, 9.17) is 9.97 Å². The molecule has 2 aliphatic heterocycles. The average molecular weight is 649 g/mol. The fraction of sp³-hybridized carbons (Fsp3) is 0. The highest BCUT2D eigenvalue weighted by atomic mass is 32.1. The Bertz CT molecular complexity index is 2390. The van der Waals surface area contributed by atoms with E-state index in [0.29, 0.717) is 0 Å². The summed E-state index contributed by atoms with van der Waals surface area (Å²) >= 11 is 3.65. The highest BCUT2D eigenvalue weighted by molar-refractivity contribution is 7.26.